The number of rotatable bonds is 5. The highest BCUT2D eigenvalue weighted by atomic mass is 16.5. The number of nitrogen functional groups attached to an aromatic ring is 1. The van der Waals surface area contributed by atoms with Crippen LogP contribution >= 0.6 is 0 Å². The molecule has 0 radical (unpaired) electrons. The van der Waals surface area contributed by atoms with Gasteiger partial charge in [-0.05, 0) is 12.1 Å². The van der Waals surface area contributed by atoms with Crippen LogP contribution in [0.5, 0.6) is 6.01 Å². The number of ether oxygens (including phenoxy) is 1. The molecule has 0 aliphatic rings. The van der Waals surface area contributed by atoms with Crippen LogP contribution in [0.4, 0.5) is 11.9 Å². The van der Waals surface area contributed by atoms with Gasteiger partial charge in [0.2, 0.25) is 11.9 Å². The Morgan fingerprint density at radius 3 is 3.00 bits per heavy atom. The average molecular weight is 235 g/mol. The molecule has 0 saturated heterocycles. The quantitative estimate of drug-likeness (QED) is 0.787. The molecule has 0 spiro atoms. The maximum Gasteiger partial charge on any atom is 0.322 e. The molecular weight excluding hydrogens is 222 g/mol. The lowest BCUT2D eigenvalue weighted by atomic mass is 10.3. The van der Waals surface area contributed by atoms with E-state index in [4.69, 9.17) is 14.9 Å². The zero-order chi connectivity index (χ0) is 12.1. The smallest absolute Gasteiger partial charge is 0.322 e. The van der Waals surface area contributed by atoms with Crippen LogP contribution in [-0.2, 0) is 6.42 Å². The van der Waals surface area contributed by atoms with Crippen LogP contribution in [0.1, 0.15) is 5.76 Å². The van der Waals surface area contributed by atoms with Gasteiger partial charge >= 0.3 is 6.01 Å². The first-order valence-corrected chi connectivity index (χ1v) is 5.09. The molecule has 0 aromatic carbocycles. The van der Waals surface area contributed by atoms with Gasteiger partial charge in [0, 0.05) is 13.0 Å². The molecule has 3 N–H and O–H groups in total. The summed E-state index contributed by atoms with van der Waals surface area (Å²) >= 11 is 0. The highest BCUT2D eigenvalue weighted by molar-refractivity contribution is 5.32. The zero-order valence-electron chi connectivity index (χ0n) is 9.38. The number of hydrogen-bond donors (Lipinski definition) is 2. The predicted octanol–water partition coefficient (Wildman–Crippen LogP) is 0.710. The summed E-state index contributed by atoms with van der Waals surface area (Å²) in [5, 5.41) is 3.02. The number of aromatic nitrogens is 3. The third-order valence-electron chi connectivity index (χ3n) is 2.05. The molecule has 0 bridgehead atoms. The standard InChI is InChI=1S/C10H13N5O2/c1-16-10-14-8(11)13-9(15-10)12-5-4-7-3-2-6-17-7/h2-3,6H,4-5H2,1H3,(H3,11,12,13,14,15). The molecule has 90 valence electrons. The van der Waals surface area contributed by atoms with Gasteiger partial charge in [-0.15, -0.1) is 0 Å². The number of furan rings is 1. The lowest BCUT2D eigenvalue weighted by Crippen LogP contribution is -2.10. The highest BCUT2D eigenvalue weighted by Gasteiger charge is 2.04. The Kier molecular flexibility index (Phi) is 3.39. The number of methoxy groups -OCH3 is 1. The van der Waals surface area contributed by atoms with E-state index in [2.05, 4.69) is 20.3 Å². The lowest BCUT2D eigenvalue weighted by molar-refractivity contribution is 0.379. The Morgan fingerprint density at radius 2 is 2.29 bits per heavy atom. The second kappa shape index (κ2) is 5.15. The molecule has 0 fully saturated rings. The van der Waals surface area contributed by atoms with Crippen LogP contribution in [0.25, 0.3) is 0 Å². The molecule has 2 aromatic rings. The van der Waals surface area contributed by atoms with Crippen molar-refractivity contribution < 1.29 is 9.15 Å². The number of nitrogens with zero attached hydrogens (tertiary/aromatic N) is 3. The molecule has 17 heavy (non-hydrogen) atoms. The number of nitrogens with one attached hydrogen (secondary N) is 1. The molecular formula is C10H13N5O2. The van der Waals surface area contributed by atoms with Crippen molar-refractivity contribution in [2.75, 3.05) is 24.7 Å². The van der Waals surface area contributed by atoms with Crippen LogP contribution in [-0.4, -0.2) is 28.6 Å². The Labute approximate surface area is 98.0 Å². The summed E-state index contributed by atoms with van der Waals surface area (Å²) in [6.45, 7) is 0.639. The van der Waals surface area contributed by atoms with Gasteiger partial charge in [-0.1, -0.05) is 0 Å². The Morgan fingerprint density at radius 1 is 1.41 bits per heavy atom. The van der Waals surface area contributed by atoms with Gasteiger partial charge in [-0.3, -0.25) is 0 Å². The first-order valence-electron chi connectivity index (χ1n) is 5.09. The van der Waals surface area contributed by atoms with Gasteiger partial charge in [0.05, 0.1) is 13.4 Å². The van der Waals surface area contributed by atoms with E-state index < -0.39 is 0 Å². The molecule has 0 atom stereocenters. The fraction of sp³-hybridized carbons (Fsp3) is 0.300. The predicted molar refractivity (Wildman–Crippen MR) is 61.7 cm³/mol. The number of nitrogens with two attached hydrogens (primary N) is 1. The third-order valence-corrected chi connectivity index (χ3v) is 2.05. The fourth-order valence-corrected chi connectivity index (χ4v) is 1.29. The van der Waals surface area contributed by atoms with Crippen molar-refractivity contribution in [2.45, 2.75) is 6.42 Å². The molecule has 2 aromatic heterocycles. The second-order valence-corrected chi connectivity index (χ2v) is 3.26. The van der Waals surface area contributed by atoms with Crippen molar-refractivity contribution in [1.29, 1.82) is 0 Å². The minimum atomic E-state index is 0.123. The van der Waals surface area contributed by atoms with E-state index in [9.17, 15) is 0 Å². The Balaban J connectivity index is 1.92. The van der Waals surface area contributed by atoms with Gasteiger partial charge in [0.1, 0.15) is 5.76 Å². The van der Waals surface area contributed by atoms with Crippen LogP contribution in [0.2, 0.25) is 0 Å². The molecule has 0 aliphatic carbocycles. The van der Waals surface area contributed by atoms with Crippen molar-refractivity contribution in [2.24, 2.45) is 0 Å². The summed E-state index contributed by atoms with van der Waals surface area (Å²) in [6, 6.07) is 3.95. The van der Waals surface area contributed by atoms with E-state index >= 15 is 0 Å². The first-order chi connectivity index (χ1) is 8.28. The molecule has 0 unspecified atom stereocenters. The van der Waals surface area contributed by atoms with E-state index in [-0.39, 0.29) is 12.0 Å². The number of anilines is 2. The molecule has 0 saturated carbocycles. The van der Waals surface area contributed by atoms with Crippen molar-refractivity contribution >= 4 is 11.9 Å². The van der Waals surface area contributed by atoms with E-state index in [1.165, 1.54) is 7.11 Å². The summed E-state index contributed by atoms with van der Waals surface area (Å²) in [7, 11) is 1.47. The van der Waals surface area contributed by atoms with Crippen LogP contribution < -0.4 is 15.8 Å². The van der Waals surface area contributed by atoms with Crippen molar-refractivity contribution in [3.05, 3.63) is 24.2 Å². The Bertz CT molecular complexity index is 472. The van der Waals surface area contributed by atoms with Gasteiger partial charge < -0.3 is 20.2 Å². The zero-order valence-corrected chi connectivity index (χ0v) is 9.38. The first kappa shape index (κ1) is 11.2. The molecule has 7 nitrogen and oxygen atoms in total. The molecule has 2 rings (SSSR count). The van der Waals surface area contributed by atoms with Gasteiger partial charge in [-0.25, -0.2) is 0 Å². The van der Waals surface area contributed by atoms with E-state index in [0.29, 0.717) is 12.5 Å². The number of hydrogen-bond acceptors (Lipinski definition) is 7. The fourth-order valence-electron chi connectivity index (χ4n) is 1.29. The summed E-state index contributed by atoms with van der Waals surface area (Å²) in [6.07, 6.45) is 2.38. The second-order valence-electron chi connectivity index (χ2n) is 3.26. The minimum absolute atomic E-state index is 0.123. The van der Waals surface area contributed by atoms with Crippen molar-refractivity contribution in [3.63, 3.8) is 0 Å². The maximum absolute atomic E-state index is 5.50. The van der Waals surface area contributed by atoms with Gasteiger partial charge in [-0.2, -0.15) is 15.0 Å². The largest absolute Gasteiger partial charge is 0.469 e. The normalized spacial score (nSPS) is 10.2. The van der Waals surface area contributed by atoms with Crippen LogP contribution in [0.15, 0.2) is 22.8 Å². The molecule has 0 aliphatic heterocycles. The molecule has 7 heteroatoms. The van der Waals surface area contributed by atoms with Crippen molar-refractivity contribution in [1.82, 2.24) is 15.0 Å². The average Bonchev–Trinajstić information content (AvgIpc) is 2.81. The summed E-state index contributed by atoms with van der Waals surface area (Å²) in [4.78, 5) is 11.7. The van der Waals surface area contributed by atoms with E-state index in [1.807, 2.05) is 12.1 Å². The third kappa shape index (κ3) is 3.07. The van der Waals surface area contributed by atoms with E-state index in [1.54, 1.807) is 6.26 Å². The summed E-state index contributed by atoms with van der Waals surface area (Å²) in [5.41, 5.74) is 5.50. The summed E-state index contributed by atoms with van der Waals surface area (Å²) in [5.74, 6) is 1.41. The van der Waals surface area contributed by atoms with Gasteiger partial charge in [0.15, 0.2) is 0 Å². The topological polar surface area (TPSA) is 99.1 Å². The minimum Gasteiger partial charge on any atom is -0.469 e. The van der Waals surface area contributed by atoms with E-state index in [0.717, 1.165) is 12.2 Å². The molecule has 2 heterocycles. The van der Waals surface area contributed by atoms with Crippen LogP contribution in [0.3, 0.4) is 0 Å². The van der Waals surface area contributed by atoms with Crippen LogP contribution in [0, 0.1) is 0 Å². The maximum atomic E-state index is 5.50. The van der Waals surface area contributed by atoms with Gasteiger partial charge in [0.25, 0.3) is 0 Å². The summed E-state index contributed by atoms with van der Waals surface area (Å²) < 4.78 is 10.1. The molecule has 0 amide bonds. The SMILES string of the molecule is COc1nc(N)nc(NCCc2ccco2)n1. The lowest BCUT2D eigenvalue weighted by Gasteiger charge is -2.05. The van der Waals surface area contributed by atoms with Crippen molar-refractivity contribution in [3.8, 4) is 6.01 Å². The highest BCUT2D eigenvalue weighted by Crippen LogP contribution is 2.08. The Hall–Kier alpha value is -2.31. The monoisotopic (exact) mass is 235 g/mol.